The second-order valence-corrected chi connectivity index (χ2v) is 6.87. The minimum Gasteiger partial charge on any atom is -0.465 e. The summed E-state index contributed by atoms with van der Waals surface area (Å²) in [6, 6.07) is 0.403. The first-order valence-electron chi connectivity index (χ1n) is 6.50. The van der Waals surface area contributed by atoms with Crippen LogP contribution in [0.3, 0.4) is 0 Å². The third kappa shape index (κ3) is 3.58. The fraction of sp³-hybridized carbons (Fsp3) is 0.385. The molecule has 23 heavy (non-hydrogen) atoms. The van der Waals surface area contributed by atoms with Gasteiger partial charge >= 0.3 is 6.09 Å². The Bertz CT molecular complexity index is 661. The van der Waals surface area contributed by atoms with Gasteiger partial charge in [-0.25, -0.2) is 13.6 Å². The Morgan fingerprint density at radius 1 is 1.35 bits per heavy atom. The lowest BCUT2D eigenvalue weighted by atomic mass is 10.1. The lowest BCUT2D eigenvalue weighted by molar-refractivity contribution is 0.0306. The lowest BCUT2D eigenvalue weighted by Gasteiger charge is -2.39. The van der Waals surface area contributed by atoms with E-state index < -0.39 is 41.8 Å². The molecule has 1 aromatic rings. The topological polar surface area (TPSA) is 81.1 Å². The molecule has 0 unspecified atom stereocenters. The molecule has 2 amide bonds. The lowest BCUT2D eigenvalue weighted by Crippen LogP contribution is -2.57. The number of aliphatic hydroxyl groups is 1. The predicted molar refractivity (Wildman–Crippen MR) is 88.3 cm³/mol. The van der Waals surface area contributed by atoms with Crippen LogP contribution in [0.15, 0.2) is 10.5 Å². The maximum Gasteiger partial charge on any atom is 0.407 e. The van der Waals surface area contributed by atoms with Gasteiger partial charge in [0.15, 0.2) is 11.6 Å². The Hall–Kier alpha value is -1.01. The van der Waals surface area contributed by atoms with Crippen LogP contribution in [-0.2, 0) is 0 Å². The van der Waals surface area contributed by atoms with Gasteiger partial charge in [0.1, 0.15) is 0 Å². The molecule has 0 bridgehead atoms. The van der Waals surface area contributed by atoms with Gasteiger partial charge < -0.3 is 20.0 Å². The molecule has 0 saturated carbocycles. The van der Waals surface area contributed by atoms with Gasteiger partial charge in [-0.2, -0.15) is 0 Å². The molecule has 10 heteroatoms. The van der Waals surface area contributed by atoms with Crippen LogP contribution in [0.25, 0.3) is 0 Å². The van der Waals surface area contributed by atoms with Gasteiger partial charge in [0.2, 0.25) is 0 Å². The summed E-state index contributed by atoms with van der Waals surface area (Å²) in [5.41, 5.74) is -0.447. The molecule has 1 saturated heterocycles. The van der Waals surface area contributed by atoms with E-state index in [2.05, 4.69) is 15.9 Å². The minimum absolute atomic E-state index is 0.00986. The third-order valence-corrected chi connectivity index (χ3v) is 5.93. The average molecular weight is 505 g/mol. The number of nitrogens with zero attached hydrogens (tertiary/aromatic N) is 2. The molecule has 0 aliphatic carbocycles. The standard InChI is InChI=1S/C13H12BrF2IN2O4/c14-9-8(17)3-7(10(15)11(9)16)12(21)19-2-1-18(13(22)23)4-6(19)5-20/h3,6,20H,1-2,4-5H2,(H,22,23)/t6-/m1/s1. The maximum absolute atomic E-state index is 14.1. The van der Waals surface area contributed by atoms with Crippen molar-refractivity contribution in [2.45, 2.75) is 6.04 Å². The molecule has 1 fully saturated rings. The molecule has 0 aromatic heterocycles. The highest BCUT2D eigenvalue weighted by Crippen LogP contribution is 2.28. The fourth-order valence-electron chi connectivity index (χ4n) is 2.34. The van der Waals surface area contributed by atoms with Crippen LogP contribution in [0, 0.1) is 15.2 Å². The van der Waals surface area contributed by atoms with E-state index >= 15 is 0 Å². The summed E-state index contributed by atoms with van der Waals surface area (Å²) < 4.78 is 28.1. The first-order valence-corrected chi connectivity index (χ1v) is 8.37. The fourth-order valence-corrected chi connectivity index (χ4v) is 3.17. The van der Waals surface area contributed by atoms with E-state index in [1.165, 1.54) is 11.0 Å². The summed E-state index contributed by atoms with van der Waals surface area (Å²) in [4.78, 5) is 25.7. The molecule has 0 radical (unpaired) electrons. The van der Waals surface area contributed by atoms with Crippen LogP contribution < -0.4 is 0 Å². The number of amides is 2. The largest absolute Gasteiger partial charge is 0.465 e. The van der Waals surface area contributed by atoms with Gasteiger partial charge in [0, 0.05) is 23.2 Å². The summed E-state index contributed by atoms with van der Waals surface area (Å²) in [7, 11) is 0. The van der Waals surface area contributed by atoms with Crippen molar-refractivity contribution in [3.63, 3.8) is 0 Å². The van der Waals surface area contributed by atoms with E-state index in [1.54, 1.807) is 22.6 Å². The second kappa shape index (κ2) is 7.26. The van der Waals surface area contributed by atoms with Crippen molar-refractivity contribution in [1.29, 1.82) is 0 Å². The van der Waals surface area contributed by atoms with E-state index in [1.807, 2.05) is 0 Å². The zero-order chi connectivity index (χ0) is 17.3. The summed E-state index contributed by atoms with van der Waals surface area (Å²) >= 11 is 4.66. The van der Waals surface area contributed by atoms with Crippen molar-refractivity contribution >= 4 is 50.5 Å². The van der Waals surface area contributed by atoms with Crippen molar-refractivity contribution in [2.75, 3.05) is 26.2 Å². The Balaban J connectivity index is 2.32. The number of carbonyl (C=O) groups excluding carboxylic acids is 1. The molecule has 126 valence electrons. The van der Waals surface area contributed by atoms with Gasteiger partial charge in [-0.15, -0.1) is 0 Å². The van der Waals surface area contributed by atoms with E-state index in [4.69, 9.17) is 5.11 Å². The highest BCUT2D eigenvalue weighted by Gasteiger charge is 2.34. The van der Waals surface area contributed by atoms with Crippen LogP contribution >= 0.6 is 38.5 Å². The number of halogens is 4. The van der Waals surface area contributed by atoms with Crippen molar-refractivity contribution in [1.82, 2.24) is 9.80 Å². The van der Waals surface area contributed by atoms with Gasteiger partial charge in [0.05, 0.1) is 22.7 Å². The molecule has 1 heterocycles. The molecule has 2 rings (SSSR count). The summed E-state index contributed by atoms with van der Waals surface area (Å²) in [5.74, 6) is -3.22. The van der Waals surface area contributed by atoms with E-state index in [-0.39, 0.29) is 24.1 Å². The molecule has 1 aliphatic rings. The predicted octanol–water partition coefficient (Wildman–Crippen LogP) is 2.13. The van der Waals surface area contributed by atoms with E-state index in [9.17, 15) is 23.5 Å². The number of carboxylic acid groups (broad SMARTS) is 1. The number of piperazine rings is 1. The summed E-state index contributed by atoms with van der Waals surface area (Å²) in [6.07, 6.45) is -1.16. The number of rotatable bonds is 2. The number of benzene rings is 1. The van der Waals surface area contributed by atoms with Crippen LogP contribution in [0.4, 0.5) is 13.6 Å². The molecular formula is C13H12BrF2IN2O4. The molecule has 1 aliphatic heterocycles. The Morgan fingerprint density at radius 3 is 2.57 bits per heavy atom. The zero-order valence-corrected chi connectivity index (χ0v) is 15.3. The summed E-state index contributed by atoms with van der Waals surface area (Å²) in [5, 5.41) is 18.4. The third-order valence-electron chi connectivity index (χ3n) is 3.56. The number of aliphatic hydroxyl groups excluding tert-OH is 1. The smallest absolute Gasteiger partial charge is 0.407 e. The SMILES string of the molecule is O=C(O)N1CCN(C(=O)c2cc(I)c(Br)c(F)c2F)[C@@H](CO)C1. The van der Waals surface area contributed by atoms with Crippen LogP contribution in [0.2, 0.25) is 0 Å². The van der Waals surface area contributed by atoms with Gasteiger partial charge in [-0.05, 0) is 44.6 Å². The molecule has 0 spiro atoms. The second-order valence-electron chi connectivity index (χ2n) is 4.91. The quantitative estimate of drug-likeness (QED) is 0.367. The molecule has 2 N–H and O–H groups in total. The highest BCUT2D eigenvalue weighted by atomic mass is 127. The van der Waals surface area contributed by atoms with E-state index in [0.717, 1.165) is 4.90 Å². The number of carbonyl (C=O) groups is 2. The van der Waals surface area contributed by atoms with Crippen LogP contribution in [-0.4, -0.2) is 64.3 Å². The van der Waals surface area contributed by atoms with E-state index in [0.29, 0.717) is 3.57 Å². The van der Waals surface area contributed by atoms with Crippen molar-refractivity contribution in [3.8, 4) is 0 Å². The summed E-state index contributed by atoms with van der Waals surface area (Å²) in [6.45, 7) is -0.540. The minimum atomic E-state index is -1.28. The molecule has 1 aromatic carbocycles. The Morgan fingerprint density at radius 2 is 2.00 bits per heavy atom. The Kier molecular flexibility index (Phi) is 5.79. The van der Waals surface area contributed by atoms with Gasteiger partial charge in [-0.3, -0.25) is 4.79 Å². The highest BCUT2D eigenvalue weighted by molar-refractivity contribution is 14.1. The molecule has 1 atom stereocenters. The molecule has 6 nitrogen and oxygen atoms in total. The number of hydrogen-bond acceptors (Lipinski definition) is 3. The van der Waals surface area contributed by atoms with Gasteiger partial charge in [-0.1, -0.05) is 0 Å². The van der Waals surface area contributed by atoms with Gasteiger partial charge in [0.25, 0.3) is 5.91 Å². The maximum atomic E-state index is 14.1. The van der Waals surface area contributed by atoms with Crippen molar-refractivity contribution in [2.24, 2.45) is 0 Å². The number of hydrogen-bond donors (Lipinski definition) is 2. The first kappa shape index (κ1) is 18.3. The first-order chi connectivity index (χ1) is 10.8. The zero-order valence-electron chi connectivity index (χ0n) is 11.6. The Labute approximate surface area is 152 Å². The van der Waals surface area contributed by atoms with Crippen LogP contribution in [0.5, 0.6) is 0 Å². The normalized spacial score (nSPS) is 18.2. The molecular weight excluding hydrogens is 493 g/mol. The monoisotopic (exact) mass is 504 g/mol. The van der Waals surface area contributed by atoms with Crippen molar-refractivity contribution < 1.29 is 28.6 Å². The average Bonchev–Trinajstić information content (AvgIpc) is 2.54. The van der Waals surface area contributed by atoms with Crippen LogP contribution in [0.1, 0.15) is 10.4 Å². The van der Waals surface area contributed by atoms with Crippen molar-refractivity contribution in [3.05, 3.63) is 31.3 Å².